The van der Waals surface area contributed by atoms with Gasteiger partial charge in [0.05, 0.1) is 21.5 Å². The summed E-state index contributed by atoms with van der Waals surface area (Å²) in [6.07, 6.45) is 0. The fraction of sp³-hybridized carbons (Fsp3) is 0. The Morgan fingerprint density at radius 2 is 0.671 bits per heavy atom. The maximum atomic E-state index is 12.9. The smallest absolute Gasteiger partial charge is 0.456 e. The van der Waals surface area contributed by atoms with Gasteiger partial charge in [0.15, 0.2) is 34.8 Å². The van der Waals surface area contributed by atoms with Crippen molar-refractivity contribution in [2.24, 2.45) is 0 Å². The second kappa shape index (κ2) is 20.2. The van der Waals surface area contributed by atoms with Gasteiger partial charge in [0.2, 0.25) is 10.9 Å². The maximum absolute atomic E-state index is 12.9. The van der Waals surface area contributed by atoms with E-state index in [1.54, 1.807) is 36.4 Å². The third-order valence-electron chi connectivity index (χ3n) is 11.0. The molecule has 12 rings (SSSR count). The Balaban J connectivity index is 0.000000131. The van der Waals surface area contributed by atoms with Crippen LogP contribution in [0.15, 0.2) is 229 Å². The first-order valence-electron chi connectivity index (χ1n) is 21.9. The summed E-state index contributed by atoms with van der Waals surface area (Å²) in [5.41, 5.74) is 6.31. The van der Waals surface area contributed by atoms with E-state index in [1.165, 1.54) is 0 Å². The maximum Gasteiger partial charge on any atom is 0.528 e. The van der Waals surface area contributed by atoms with Crippen LogP contribution in [0.25, 0.3) is 101 Å². The van der Waals surface area contributed by atoms with Crippen molar-refractivity contribution in [3.8, 4) is 56.9 Å². The molecular formula is C56H36BBrN6O6. The van der Waals surface area contributed by atoms with Crippen LogP contribution in [0.1, 0.15) is 0 Å². The quantitative estimate of drug-likeness (QED) is 0.119. The van der Waals surface area contributed by atoms with E-state index in [2.05, 4.69) is 30.9 Å². The van der Waals surface area contributed by atoms with Crippen LogP contribution in [0.5, 0.6) is 0 Å². The minimum atomic E-state index is -1.74. The second-order valence-corrected chi connectivity index (χ2v) is 16.6. The molecule has 0 aliphatic carbocycles. The van der Waals surface area contributed by atoms with Gasteiger partial charge >= 0.3 is 7.12 Å². The largest absolute Gasteiger partial charge is 0.528 e. The summed E-state index contributed by atoms with van der Waals surface area (Å²) < 4.78 is 12.6. The molecule has 4 heterocycles. The van der Waals surface area contributed by atoms with Crippen LogP contribution in [-0.4, -0.2) is 47.1 Å². The molecule has 0 bridgehead atoms. The predicted octanol–water partition coefficient (Wildman–Crippen LogP) is 10.7. The number of nitrogens with zero attached hydrogens (tertiary/aromatic N) is 6. The summed E-state index contributed by atoms with van der Waals surface area (Å²) in [7, 11) is -1.74. The molecule has 0 saturated heterocycles. The van der Waals surface area contributed by atoms with Crippen LogP contribution in [0.2, 0.25) is 0 Å². The number of para-hydroxylation sites is 2. The summed E-state index contributed by atoms with van der Waals surface area (Å²) >= 11 is 3.36. The zero-order valence-electron chi connectivity index (χ0n) is 36.8. The fourth-order valence-electron chi connectivity index (χ4n) is 7.59. The number of aromatic nitrogens is 6. The van der Waals surface area contributed by atoms with Crippen molar-refractivity contribution in [1.82, 2.24) is 29.9 Å². The molecule has 14 heteroatoms. The zero-order valence-corrected chi connectivity index (χ0v) is 38.4. The molecule has 70 heavy (non-hydrogen) atoms. The van der Waals surface area contributed by atoms with Gasteiger partial charge in [-0.05, 0) is 54.6 Å². The minimum Gasteiger partial charge on any atom is -0.456 e. The Labute approximate surface area is 407 Å². The first-order chi connectivity index (χ1) is 34.3. The van der Waals surface area contributed by atoms with Gasteiger partial charge < -0.3 is 18.9 Å². The van der Waals surface area contributed by atoms with Gasteiger partial charge in [-0.15, -0.1) is 0 Å². The average molecular weight is 980 g/mol. The van der Waals surface area contributed by atoms with Crippen molar-refractivity contribution in [2.45, 2.75) is 0 Å². The molecule has 0 aliphatic rings. The van der Waals surface area contributed by atoms with E-state index in [0.29, 0.717) is 73.0 Å². The first kappa shape index (κ1) is 45.0. The lowest BCUT2D eigenvalue weighted by molar-refractivity contribution is 0.422. The lowest BCUT2D eigenvalue weighted by Gasteiger charge is -2.09. The van der Waals surface area contributed by atoms with Gasteiger partial charge in [-0.1, -0.05) is 168 Å². The topological polar surface area (TPSA) is 178 Å². The number of fused-ring (bicyclic) bond motifs is 4. The number of hydrogen-bond acceptors (Lipinski definition) is 12. The minimum absolute atomic E-state index is 0.0179. The first-order valence-corrected chi connectivity index (χ1v) is 22.7. The molecule has 336 valence electrons. The molecule has 12 nitrogen and oxygen atoms in total. The van der Waals surface area contributed by atoms with Gasteiger partial charge in [0.1, 0.15) is 22.3 Å². The Bertz CT molecular complexity index is 3830. The molecule has 0 atom stereocenters. The van der Waals surface area contributed by atoms with Crippen molar-refractivity contribution in [3.63, 3.8) is 0 Å². The molecule has 2 N–H and O–H groups in total. The van der Waals surface area contributed by atoms with Crippen molar-refractivity contribution in [2.75, 3.05) is 0 Å². The Morgan fingerprint density at radius 3 is 1.09 bits per heavy atom. The van der Waals surface area contributed by atoms with Crippen LogP contribution in [0.4, 0.5) is 0 Å². The molecule has 0 fully saturated rings. The van der Waals surface area contributed by atoms with Gasteiger partial charge in [-0.25, -0.2) is 29.9 Å². The summed E-state index contributed by atoms with van der Waals surface area (Å²) in [6.45, 7) is 0. The standard InChI is InChI=1S/C28H17N3O2.C15H12BN3O2.C13H7BrO2/c32-25-21-13-7-8-14-23(21)33-24-17-20(15-16-22(24)25)28-30-26(18-9-3-1-4-10-18)29-27(31-28)19-11-5-2-6-12-19;20-16(21)15-18-13(11-7-3-1-4-8-11)17-14(19-15)12-9-5-2-6-10-12;14-8-5-6-10-12(7-8)16-11-4-2-1-3-9(11)13(10)15/h1-17H;1-10,20-21H;1-7H. The molecule has 0 unspecified atom stereocenters. The molecule has 12 aromatic rings. The Hall–Kier alpha value is -8.82. The van der Waals surface area contributed by atoms with E-state index in [4.69, 9.17) is 23.8 Å². The molecule has 0 spiro atoms. The van der Waals surface area contributed by atoms with Crippen LogP contribution in [0.3, 0.4) is 0 Å². The highest BCUT2D eigenvalue weighted by atomic mass is 79.9. The molecule has 0 radical (unpaired) electrons. The zero-order chi connectivity index (χ0) is 48.0. The second-order valence-electron chi connectivity index (χ2n) is 15.7. The van der Waals surface area contributed by atoms with Crippen LogP contribution in [-0.2, 0) is 0 Å². The van der Waals surface area contributed by atoms with E-state index in [1.807, 2.05) is 170 Å². The van der Waals surface area contributed by atoms with Crippen molar-refractivity contribution >= 4 is 72.6 Å². The number of rotatable bonds is 6. The Morgan fingerprint density at radius 1 is 0.343 bits per heavy atom. The van der Waals surface area contributed by atoms with E-state index < -0.39 is 7.12 Å². The summed E-state index contributed by atoms with van der Waals surface area (Å²) in [5.74, 6) is 2.50. The van der Waals surface area contributed by atoms with Crippen molar-refractivity contribution < 1.29 is 18.9 Å². The normalized spacial score (nSPS) is 10.9. The predicted molar refractivity (Wildman–Crippen MR) is 278 cm³/mol. The molecule has 8 aromatic carbocycles. The lowest BCUT2D eigenvalue weighted by atomic mass is 9.90. The van der Waals surface area contributed by atoms with Crippen LogP contribution < -0.4 is 16.6 Å². The van der Waals surface area contributed by atoms with Gasteiger partial charge in [-0.2, -0.15) is 0 Å². The van der Waals surface area contributed by atoms with Gasteiger partial charge in [-0.3, -0.25) is 9.59 Å². The summed E-state index contributed by atoms with van der Waals surface area (Å²) in [4.78, 5) is 51.9. The molecule has 0 amide bonds. The lowest BCUT2D eigenvalue weighted by Crippen LogP contribution is -2.36. The van der Waals surface area contributed by atoms with E-state index >= 15 is 0 Å². The molecule has 4 aromatic heterocycles. The highest BCUT2D eigenvalue weighted by Gasteiger charge is 2.20. The average Bonchev–Trinajstić information content (AvgIpc) is 3.42. The molecule has 0 aliphatic heterocycles. The van der Waals surface area contributed by atoms with Crippen LogP contribution in [0, 0.1) is 0 Å². The van der Waals surface area contributed by atoms with E-state index in [-0.39, 0.29) is 16.6 Å². The van der Waals surface area contributed by atoms with Crippen LogP contribution >= 0.6 is 15.9 Å². The SMILES string of the molecule is O=c1c2ccccc2oc2cc(-c3nc(-c4ccccc4)nc(-c4ccccc4)n3)ccc12.O=c1c2ccccc2oc2cc(Br)ccc12.OB(O)c1nc(-c2ccccc2)nc(-c2ccccc2)n1. The highest BCUT2D eigenvalue weighted by Crippen LogP contribution is 2.28. The van der Waals surface area contributed by atoms with E-state index in [0.717, 1.165) is 32.3 Å². The van der Waals surface area contributed by atoms with Gasteiger partial charge in [0, 0.05) is 32.3 Å². The monoisotopic (exact) mass is 978 g/mol. The number of benzene rings is 8. The third kappa shape index (κ3) is 9.77. The molecular weight excluding hydrogens is 943 g/mol. The van der Waals surface area contributed by atoms with Crippen molar-refractivity contribution in [1.29, 1.82) is 0 Å². The van der Waals surface area contributed by atoms with Gasteiger partial charge in [0.25, 0.3) is 0 Å². The summed E-state index contributed by atoms with van der Waals surface area (Å²) in [6, 6.07) is 63.7. The fourth-order valence-corrected chi connectivity index (χ4v) is 7.93. The van der Waals surface area contributed by atoms with E-state index in [9.17, 15) is 19.6 Å². The number of hydrogen-bond donors (Lipinski definition) is 2. The molecule has 0 saturated carbocycles. The van der Waals surface area contributed by atoms with Crippen molar-refractivity contribution in [3.05, 3.63) is 231 Å². The Kier molecular flexibility index (Phi) is 13.0. The highest BCUT2D eigenvalue weighted by molar-refractivity contribution is 9.10. The third-order valence-corrected chi connectivity index (χ3v) is 11.5. The number of halogens is 1. The summed E-state index contributed by atoms with van der Waals surface area (Å²) in [5, 5.41) is 21.1.